The van der Waals surface area contributed by atoms with Crippen molar-refractivity contribution in [3.05, 3.63) is 11.6 Å². The Morgan fingerprint density at radius 1 is 1.16 bits per heavy atom. The van der Waals surface area contributed by atoms with Crippen LogP contribution in [0.25, 0.3) is 0 Å². The molecule has 4 nitrogen and oxygen atoms in total. The van der Waals surface area contributed by atoms with Gasteiger partial charge >= 0.3 is 0 Å². The molecule has 3 fully saturated rings. The number of hydrogen-bond donors (Lipinski definition) is 4. The first-order valence-corrected chi connectivity index (χ1v) is 9.62. The van der Waals surface area contributed by atoms with E-state index < -0.39 is 23.2 Å². The first-order valence-electron chi connectivity index (χ1n) is 9.62. The largest absolute Gasteiger partial charge is 0.393 e. The van der Waals surface area contributed by atoms with Gasteiger partial charge in [-0.25, -0.2) is 0 Å². The minimum absolute atomic E-state index is 0.0480. The zero-order chi connectivity index (χ0) is 18.2. The van der Waals surface area contributed by atoms with E-state index in [1.165, 1.54) is 0 Å². The first kappa shape index (κ1) is 17.5. The van der Waals surface area contributed by atoms with E-state index in [1.807, 2.05) is 13.0 Å². The summed E-state index contributed by atoms with van der Waals surface area (Å²) in [7, 11) is 0. The topological polar surface area (TPSA) is 80.9 Å². The van der Waals surface area contributed by atoms with E-state index in [4.69, 9.17) is 6.42 Å². The molecular weight excluding hydrogens is 316 g/mol. The van der Waals surface area contributed by atoms with Crippen LogP contribution in [0.15, 0.2) is 11.6 Å². The summed E-state index contributed by atoms with van der Waals surface area (Å²) in [5, 5.41) is 43.2. The van der Waals surface area contributed by atoms with Crippen molar-refractivity contribution in [3.63, 3.8) is 0 Å². The van der Waals surface area contributed by atoms with E-state index in [-0.39, 0.29) is 29.3 Å². The minimum Gasteiger partial charge on any atom is -0.393 e. The summed E-state index contributed by atoms with van der Waals surface area (Å²) in [6, 6.07) is 0. The fourth-order valence-corrected chi connectivity index (χ4v) is 6.99. The van der Waals surface area contributed by atoms with Crippen LogP contribution in [0.4, 0.5) is 0 Å². The van der Waals surface area contributed by atoms with Crippen molar-refractivity contribution in [1.29, 1.82) is 0 Å². The molecule has 0 bridgehead atoms. The van der Waals surface area contributed by atoms with Gasteiger partial charge in [0.2, 0.25) is 0 Å². The van der Waals surface area contributed by atoms with Gasteiger partial charge in [0.1, 0.15) is 5.60 Å². The first-order chi connectivity index (χ1) is 11.7. The average Bonchev–Trinajstić information content (AvgIpc) is 2.81. The fourth-order valence-electron chi connectivity index (χ4n) is 6.99. The predicted octanol–water partition coefficient (Wildman–Crippen LogP) is 1.62. The van der Waals surface area contributed by atoms with Gasteiger partial charge in [0.25, 0.3) is 0 Å². The molecule has 0 amide bonds. The monoisotopic (exact) mass is 346 g/mol. The summed E-state index contributed by atoms with van der Waals surface area (Å²) >= 11 is 0. The van der Waals surface area contributed by atoms with Gasteiger partial charge in [-0.3, -0.25) is 0 Å². The summed E-state index contributed by atoms with van der Waals surface area (Å²) in [5.41, 5.74) is -0.885. The summed E-state index contributed by atoms with van der Waals surface area (Å²) in [4.78, 5) is 0. The van der Waals surface area contributed by atoms with E-state index in [0.717, 1.165) is 24.8 Å². The predicted molar refractivity (Wildman–Crippen MR) is 94.3 cm³/mol. The fraction of sp³-hybridized carbons (Fsp3) is 0.810. The Hall–Kier alpha value is -0.860. The number of terminal acetylenes is 1. The molecule has 4 rings (SSSR count). The molecule has 4 aliphatic rings. The highest BCUT2D eigenvalue weighted by Gasteiger charge is 2.67. The molecule has 7 unspecified atom stereocenters. The molecule has 25 heavy (non-hydrogen) atoms. The van der Waals surface area contributed by atoms with Crippen LogP contribution in [0.1, 0.15) is 52.4 Å². The normalized spacial score (nSPS) is 57.7. The summed E-state index contributed by atoms with van der Waals surface area (Å²) < 4.78 is 0. The van der Waals surface area contributed by atoms with Crippen LogP contribution in [-0.4, -0.2) is 44.3 Å². The maximum atomic E-state index is 11.2. The molecule has 0 saturated heterocycles. The lowest BCUT2D eigenvalue weighted by Crippen LogP contribution is -2.62. The third-order valence-electron chi connectivity index (χ3n) is 8.43. The maximum absolute atomic E-state index is 11.2. The molecule has 0 aliphatic heterocycles. The second-order valence-corrected chi connectivity index (χ2v) is 9.44. The molecule has 9 atom stereocenters. The van der Waals surface area contributed by atoms with Gasteiger partial charge in [0, 0.05) is 5.41 Å². The SMILES string of the molecule is C#C[C@]1(O)CCC2C3C(O)C=C4CC(O)CCC4(C)C3[C@H](O)CC21C. The van der Waals surface area contributed by atoms with Crippen molar-refractivity contribution < 1.29 is 20.4 Å². The van der Waals surface area contributed by atoms with Crippen LogP contribution in [0.3, 0.4) is 0 Å². The highest BCUT2D eigenvalue weighted by molar-refractivity contribution is 5.31. The van der Waals surface area contributed by atoms with Crippen molar-refractivity contribution in [3.8, 4) is 12.3 Å². The number of aliphatic hydroxyl groups is 4. The molecule has 0 radical (unpaired) electrons. The lowest BCUT2D eigenvalue weighted by atomic mass is 9.45. The van der Waals surface area contributed by atoms with E-state index in [0.29, 0.717) is 19.3 Å². The number of rotatable bonds is 0. The van der Waals surface area contributed by atoms with E-state index >= 15 is 0 Å². The molecule has 0 aromatic rings. The third kappa shape index (κ3) is 2.10. The Kier molecular flexibility index (Phi) is 3.74. The Morgan fingerprint density at radius 2 is 1.88 bits per heavy atom. The van der Waals surface area contributed by atoms with Crippen LogP contribution in [0, 0.1) is 40.9 Å². The van der Waals surface area contributed by atoms with Gasteiger partial charge in [0.05, 0.1) is 18.3 Å². The molecule has 0 spiro atoms. The second-order valence-electron chi connectivity index (χ2n) is 9.44. The molecule has 3 saturated carbocycles. The molecular formula is C21H30O4. The van der Waals surface area contributed by atoms with Gasteiger partial charge in [-0.05, 0) is 61.7 Å². The highest BCUT2D eigenvalue weighted by atomic mass is 16.3. The molecule has 0 heterocycles. The highest BCUT2D eigenvalue weighted by Crippen LogP contribution is 2.66. The van der Waals surface area contributed by atoms with Crippen molar-refractivity contribution in [2.75, 3.05) is 0 Å². The average molecular weight is 346 g/mol. The number of hydrogen-bond acceptors (Lipinski definition) is 4. The van der Waals surface area contributed by atoms with Crippen molar-refractivity contribution in [2.45, 2.75) is 76.3 Å². The summed E-state index contributed by atoms with van der Waals surface area (Å²) in [5.74, 6) is 2.55. The zero-order valence-electron chi connectivity index (χ0n) is 15.2. The number of fused-ring (bicyclic) bond motifs is 5. The maximum Gasteiger partial charge on any atom is 0.130 e. The quantitative estimate of drug-likeness (QED) is 0.397. The van der Waals surface area contributed by atoms with Crippen molar-refractivity contribution in [2.24, 2.45) is 28.6 Å². The van der Waals surface area contributed by atoms with E-state index in [2.05, 4.69) is 12.8 Å². The Balaban J connectivity index is 1.80. The van der Waals surface area contributed by atoms with Crippen LogP contribution in [0.5, 0.6) is 0 Å². The summed E-state index contributed by atoms with van der Waals surface area (Å²) in [6.07, 6.45) is 9.90. The van der Waals surface area contributed by atoms with Gasteiger partial charge in [-0.2, -0.15) is 0 Å². The Morgan fingerprint density at radius 3 is 2.56 bits per heavy atom. The smallest absolute Gasteiger partial charge is 0.130 e. The van der Waals surface area contributed by atoms with Crippen LogP contribution in [-0.2, 0) is 0 Å². The van der Waals surface area contributed by atoms with Gasteiger partial charge in [-0.1, -0.05) is 31.4 Å². The molecule has 4 aliphatic carbocycles. The summed E-state index contributed by atoms with van der Waals surface area (Å²) in [6.45, 7) is 4.17. The standard InChI is InChI=1S/C21H30O4/c1-4-21(25)8-6-14-17-15(23)10-12-9-13(22)5-7-19(12,2)18(17)16(24)11-20(14,21)3/h1,10,13-18,22-25H,5-9,11H2,2-3H3/t13?,14?,15?,16-,17?,18?,19?,20?,21+/m1/s1. The van der Waals surface area contributed by atoms with Crippen molar-refractivity contribution >= 4 is 0 Å². The minimum atomic E-state index is -1.21. The van der Waals surface area contributed by atoms with E-state index in [1.54, 1.807) is 0 Å². The number of aliphatic hydroxyl groups excluding tert-OH is 3. The zero-order valence-corrected chi connectivity index (χ0v) is 15.2. The Bertz CT molecular complexity index is 651. The van der Waals surface area contributed by atoms with Crippen LogP contribution >= 0.6 is 0 Å². The molecule has 4 heteroatoms. The lowest BCUT2D eigenvalue weighted by Gasteiger charge is -2.61. The van der Waals surface area contributed by atoms with Crippen LogP contribution in [0.2, 0.25) is 0 Å². The van der Waals surface area contributed by atoms with Crippen LogP contribution < -0.4 is 0 Å². The van der Waals surface area contributed by atoms with Gasteiger partial charge in [0.15, 0.2) is 0 Å². The Labute approximate surface area is 150 Å². The lowest BCUT2D eigenvalue weighted by molar-refractivity contribution is -0.172. The van der Waals surface area contributed by atoms with Gasteiger partial charge < -0.3 is 20.4 Å². The molecule has 4 N–H and O–H groups in total. The molecule has 0 aromatic heterocycles. The molecule has 0 aromatic carbocycles. The molecule has 138 valence electrons. The third-order valence-corrected chi connectivity index (χ3v) is 8.43. The van der Waals surface area contributed by atoms with Crippen molar-refractivity contribution in [1.82, 2.24) is 0 Å². The van der Waals surface area contributed by atoms with Gasteiger partial charge in [-0.15, -0.1) is 6.42 Å². The van der Waals surface area contributed by atoms with E-state index in [9.17, 15) is 20.4 Å². The second kappa shape index (κ2) is 5.33.